The van der Waals surface area contributed by atoms with Gasteiger partial charge in [-0.2, -0.15) is 0 Å². The average Bonchev–Trinajstić information content (AvgIpc) is 2.41. The summed E-state index contributed by atoms with van der Waals surface area (Å²) in [6, 6.07) is 5.82. The number of nitrogens with zero attached hydrogens (tertiary/aromatic N) is 1. The van der Waals surface area contributed by atoms with Crippen LogP contribution in [0.2, 0.25) is 0 Å². The molecule has 0 fully saturated rings. The molecule has 0 unspecified atom stereocenters. The van der Waals surface area contributed by atoms with Gasteiger partial charge in [-0.25, -0.2) is 0 Å². The molecule has 0 saturated heterocycles. The molecule has 4 nitrogen and oxygen atoms in total. The van der Waals surface area contributed by atoms with E-state index in [1.807, 2.05) is 36.9 Å². The number of hydrogen-bond acceptors (Lipinski definition) is 2. The van der Waals surface area contributed by atoms with Crippen LogP contribution in [0, 0.1) is 11.8 Å². The summed E-state index contributed by atoms with van der Waals surface area (Å²) in [5, 5.41) is 2.92. The van der Waals surface area contributed by atoms with Crippen LogP contribution in [0.3, 0.4) is 0 Å². The van der Waals surface area contributed by atoms with Crippen LogP contribution in [0.25, 0.3) is 0 Å². The van der Waals surface area contributed by atoms with Crippen molar-refractivity contribution in [2.24, 2.45) is 11.8 Å². The highest BCUT2D eigenvalue weighted by Crippen LogP contribution is 2.31. The Balaban J connectivity index is 2.24. The molecular weight excluding hydrogens is 264 g/mol. The number of hydrogen-bond donors (Lipinski definition) is 1. The SMILES string of the molecule is CC(C)CN1C(=O)CCc2cc(NC(=O)C(C)C)ccc21. The van der Waals surface area contributed by atoms with Gasteiger partial charge in [-0.3, -0.25) is 9.59 Å². The number of anilines is 2. The van der Waals surface area contributed by atoms with Gasteiger partial charge >= 0.3 is 0 Å². The zero-order valence-corrected chi connectivity index (χ0v) is 13.3. The molecule has 0 atom stereocenters. The van der Waals surface area contributed by atoms with Crippen LogP contribution >= 0.6 is 0 Å². The molecule has 4 heteroatoms. The topological polar surface area (TPSA) is 49.4 Å². The van der Waals surface area contributed by atoms with E-state index in [1.165, 1.54) is 0 Å². The fourth-order valence-corrected chi connectivity index (χ4v) is 2.49. The van der Waals surface area contributed by atoms with Crippen LogP contribution in [0.1, 0.15) is 39.7 Å². The maximum atomic E-state index is 12.1. The summed E-state index contributed by atoms with van der Waals surface area (Å²) in [6.45, 7) is 8.70. The van der Waals surface area contributed by atoms with Gasteiger partial charge in [0.2, 0.25) is 11.8 Å². The summed E-state index contributed by atoms with van der Waals surface area (Å²) in [4.78, 5) is 25.7. The van der Waals surface area contributed by atoms with Crippen molar-refractivity contribution in [2.75, 3.05) is 16.8 Å². The summed E-state index contributed by atoms with van der Waals surface area (Å²) in [5.74, 6) is 0.594. The third-order valence-corrected chi connectivity index (χ3v) is 3.62. The quantitative estimate of drug-likeness (QED) is 0.925. The van der Waals surface area contributed by atoms with Gasteiger partial charge in [0.05, 0.1) is 0 Å². The number of fused-ring (bicyclic) bond motifs is 1. The molecule has 21 heavy (non-hydrogen) atoms. The molecule has 0 spiro atoms. The van der Waals surface area contributed by atoms with Gasteiger partial charge in [0.25, 0.3) is 0 Å². The van der Waals surface area contributed by atoms with Crippen molar-refractivity contribution in [3.63, 3.8) is 0 Å². The van der Waals surface area contributed by atoms with E-state index in [4.69, 9.17) is 0 Å². The van der Waals surface area contributed by atoms with Gasteiger partial charge in [-0.15, -0.1) is 0 Å². The lowest BCUT2D eigenvalue weighted by molar-refractivity contribution is -0.119. The predicted octanol–water partition coefficient (Wildman–Crippen LogP) is 3.22. The Bertz CT molecular complexity index is 550. The second-order valence-electron chi connectivity index (χ2n) is 6.39. The fraction of sp³-hybridized carbons (Fsp3) is 0.529. The van der Waals surface area contributed by atoms with Gasteiger partial charge in [-0.1, -0.05) is 27.7 Å². The van der Waals surface area contributed by atoms with Crippen LogP contribution in [-0.2, 0) is 16.0 Å². The number of rotatable bonds is 4. The molecule has 2 rings (SSSR count). The molecule has 114 valence electrons. The van der Waals surface area contributed by atoms with Crippen molar-refractivity contribution in [3.05, 3.63) is 23.8 Å². The van der Waals surface area contributed by atoms with E-state index in [9.17, 15) is 9.59 Å². The van der Waals surface area contributed by atoms with Gasteiger partial charge in [-0.05, 0) is 36.1 Å². The molecule has 1 aromatic rings. The van der Waals surface area contributed by atoms with E-state index in [1.54, 1.807) is 0 Å². The van der Waals surface area contributed by atoms with Crippen LogP contribution in [0.15, 0.2) is 18.2 Å². The minimum atomic E-state index is -0.0416. The first kappa shape index (κ1) is 15.5. The molecule has 1 heterocycles. The van der Waals surface area contributed by atoms with Crippen molar-refractivity contribution >= 4 is 23.2 Å². The minimum Gasteiger partial charge on any atom is -0.326 e. The Kier molecular flexibility index (Phi) is 4.66. The second kappa shape index (κ2) is 6.29. The molecule has 0 radical (unpaired) electrons. The first-order chi connectivity index (χ1) is 9.88. The Hall–Kier alpha value is -1.84. The lowest BCUT2D eigenvalue weighted by Crippen LogP contribution is -2.37. The van der Waals surface area contributed by atoms with Crippen molar-refractivity contribution in [2.45, 2.75) is 40.5 Å². The standard InChI is InChI=1S/C17H24N2O2/c1-11(2)10-19-15-7-6-14(18-17(21)12(3)4)9-13(15)5-8-16(19)20/h6-7,9,11-12H,5,8,10H2,1-4H3,(H,18,21). The molecule has 2 amide bonds. The van der Waals surface area contributed by atoms with Crippen molar-refractivity contribution in [1.29, 1.82) is 0 Å². The monoisotopic (exact) mass is 288 g/mol. The van der Waals surface area contributed by atoms with Crippen molar-refractivity contribution in [1.82, 2.24) is 0 Å². The van der Waals surface area contributed by atoms with E-state index < -0.39 is 0 Å². The minimum absolute atomic E-state index is 0.0147. The Morgan fingerprint density at radius 2 is 1.95 bits per heavy atom. The number of benzene rings is 1. The second-order valence-corrected chi connectivity index (χ2v) is 6.39. The van der Waals surface area contributed by atoms with Crippen molar-refractivity contribution < 1.29 is 9.59 Å². The molecule has 0 aliphatic carbocycles. The number of carbonyl (C=O) groups excluding carboxylic acids is 2. The largest absolute Gasteiger partial charge is 0.326 e. The summed E-state index contributed by atoms with van der Waals surface area (Å²) < 4.78 is 0. The molecular formula is C17H24N2O2. The molecule has 0 aromatic heterocycles. The van der Waals surface area contributed by atoms with Crippen LogP contribution in [-0.4, -0.2) is 18.4 Å². The first-order valence-corrected chi connectivity index (χ1v) is 7.62. The molecule has 1 aromatic carbocycles. The maximum Gasteiger partial charge on any atom is 0.227 e. The lowest BCUT2D eigenvalue weighted by atomic mass is 9.99. The van der Waals surface area contributed by atoms with Crippen LogP contribution in [0.5, 0.6) is 0 Å². The lowest BCUT2D eigenvalue weighted by Gasteiger charge is -2.31. The predicted molar refractivity (Wildman–Crippen MR) is 85.4 cm³/mol. The highest BCUT2D eigenvalue weighted by atomic mass is 16.2. The van der Waals surface area contributed by atoms with Gasteiger partial charge < -0.3 is 10.2 Å². The Morgan fingerprint density at radius 3 is 2.57 bits per heavy atom. The number of carbonyl (C=O) groups is 2. The summed E-state index contributed by atoms with van der Waals surface area (Å²) in [7, 11) is 0. The van der Waals surface area contributed by atoms with E-state index in [2.05, 4.69) is 19.2 Å². The zero-order valence-electron chi connectivity index (χ0n) is 13.3. The molecule has 1 N–H and O–H groups in total. The third-order valence-electron chi connectivity index (χ3n) is 3.62. The average molecular weight is 288 g/mol. The summed E-state index contributed by atoms with van der Waals surface area (Å²) >= 11 is 0. The van der Waals surface area contributed by atoms with E-state index in [0.717, 1.165) is 29.9 Å². The number of aryl methyl sites for hydroxylation is 1. The summed E-state index contributed by atoms with van der Waals surface area (Å²) in [5.41, 5.74) is 2.94. The summed E-state index contributed by atoms with van der Waals surface area (Å²) in [6.07, 6.45) is 1.29. The Labute approximate surface area is 126 Å². The van der Waals surface area contributed by atoms with Gasteiger partial charge in [0.1, 0.15) is 0 Å². The van der Waals surface area contributed by atoms with Gasteiger partial charge in [0.15, 0.2) is 0 Å². The Morgan fingerprint density at radius 1 is 1.24 bits per heavy atom. The van der Waals surface area contributed by atoms with E-state index in [0.29, 0.717) is 12.3 Å². The molecule has 1 aliphatic rings. The highest BCUT2D eigenvalue weighted by Gasteiger charge is 2.24. The molecule has 1 aliphatic heterocycles. The smallest absolute Gasteiger partial charge is 0.227 e. The fourth-order valence-electron chi connectivity index (χ4n) is 2.49. The maximum absolute atomic E-state index is 12.1. The van der Waals surface area contributed by atoms with Crippen LogP contribution < -0.4 is 10.2 Å². The molecule has 0 saturated carbocycles. The number of nitrogens with one attached hydrogen (secondary N) is 1. The zero-order chi connectivity index (χ0) is 15.6. The first-order valence-electron chi connectivity index (χ1n) is 7.62. The highest BCUT2D eigenvalue weighted by molar-refractivity contribution is 5.97. The third kappa shape index (κ3) is 3.63. The van der Waals surface area contributed by atoms with E-state index >= 15 is 0 Å². The van der Waals surface area contributed by atoms with Gasteiger partial charge in [0, 0.05) is 30.3 Å². The van der Waals surface area contributed by atoms with E-state index in [-0.39, 0.29) is 17.7 Å². The number of amides is 2. The molecule has 0 bridgehead atoms. The normalized spacial score (nSPS) is 14.6. The van der Waals surface area contributed by atoms with Crippen molar-refractivity contribution in [3.8, 4) is 0 Å². The van der Waals surface area contributed by atoms with Crippen LogP contribution in [0.4, 0.5) is 11.4 Å².